The number of halogens is 3. The Labute approximate surface area is 149 Å². The monoisotopic (exact) mass is 284 g/mol. The Kier molecular flexibility index (Phi) is 7.73. The average Bonchev–Trinajstić information content (AvgIpc) is 2.15. The third-order valence-electron chi connectivity index (χ3n) is 2.17. The topological polar surface area (TPSA) is 9.23 Å². The third-order valence-corrected chi connectivity index (χ3v) is 2.17. The molecule has 1 rings (SSSR count). The summed E-state index contributed by atoms with van der Waals surface area (Å²) < 4.78 is 42.4. The van der Waals surface area contributed by atoms with Crippen molar-refractivity contribution in [3.8, 4) is 0 Å². The molecule has 1 nitrogen and oxygen atoms in total. The first-order valence-corrected chi connectivity index (χ1v) is 5.71. The quantitative estimate of drug-likeness (QED) is 0.753. The summed E-state index contributed by atoms with van der Waals surface area (Å²) >= 11 is 0. The number of rotatable bonds is 4. The van der Waals surface area contributed by atoms with Gasteiger partial charge in [-0.3, -0.25) is 0 Å². The second kappa shape index (κ2) is 7.45. The van der Waals surface area contributed by atoms with Crippen LogP contribution in [0.3, 0.4) is 0 Å². The van der Waals surface area contributed by atoms with Gasteiger partial charge in [-0.1, -0.05) is 18.6 Å². The van der Waals surface area contributed by atoms with Gasteiger partial charge in [0.2, 0.25) is 0 Å². The molecule has 0 fully saturated rings. The Balaban J connectivity index is 0.00000289. The molecule has 0 saturated heterocycles. The van der Waals surface area contributed by atoms with Gasteiger partial charge in [-0.25, -0.2) is 0 Å². The van der Waals surface area contributed by atoms with Crippen molar-refractivity contribution in [2.24, 2.45) is 0 Å². The van der Waals surface area contributed by atoms with Gasteiger partial charge in [0, 0.05) is 6.15 Å². The molecule has 0 atom stereocenters. The van der Waals surface area contributed by atoms with Crippen molar-refractivity contribution in [2.45, 2.75) is 33.3 Å². The van der Waals surface area contributed by atoms with Gasteiger partial charge in [0.15, 0.2) is 0 Å². The van der Waals surface area contributed by atoms with Gasteiger partial charge in [0.1, 0.15) is 0 Å². The van der Waals surface area contributed by atoms with Gasteiger partial charge < -0.3 is 4.74 Å². The van der Waals surface area contributed by atoms with E-state index in [1.165, 1.54) is 12.1 Å². The smallest absolute Gasteiger partial charge is 0.414 e. The van der Waals surface area contributed by atoms with Gasteiger partial charge in [-0.15, -0.1) is 0 Å². The van der Waals surface area contributed by atoms with E-state index in [0.717, 1.165) is 17.7 Å². The minimum atomic E-state index is -4.27. The van der Waals surface area contributed by atoms with Crippen LogP contribution >= 0.6 is 0 Å². The molecule has 0 aromatic heterocycles. The van der Waals surface area contributed by atoms with E-state index in [0.29, 0.717) is 13.1 Å². The van der Waals surface area contributed by atoms with E-state index in [4.69, 9.17) is 4.74 Å². The second-order valence-electron chi connectivity index (χ2n) is 5.67. The molecule has 96 valence electrons. The molecule has 0 heterocycles. The largest absolute Gasteiger partial charge is 1.00 e. The summed E-state index contributed by atoms with van der Waals surface area (Å²) in [5.41, 5.74) is 0.138. The SMILES string of the molecule is C[B-](C)(C)COCc1ccc(C(F)(F)F)cc1.[K+]. The molecule has 0 amide bonds. The van der Waals surface area contributed by atoms with E-state index in [9.17, 15) is 13.2 Å². The summed E-state index contributed by atoms with van der Waals surface area (Å²) in [4.78, 5) is 0. The van der Waals surface area contributed by atoms with Crippen molar-refractivity contribution >= 4 is 6.15 Å². The zero-order chi connectivity index (χ0) is 13.1. The van der Waals surface area contributed by atoms with E-state index in [2.05, 4.69) is 20.5 Å². The average molecular weight is 284 g/mol. The van der Waals surface area contributed by atoms with Crippen LogP contribution in [0.4, 0.5) is 13.2 Å². The fourth-order valence-corrected chi connectivity index (χ4v) is 1.32. The van der Waals surface area contributed by atoms with E-state index in [-0.39, 0.29) is 51.4 Å². The molecule has 0 aliphatic heterocycles. The molecule has 0 unspecified atom stereocenters. The molecule has 0 aliphatic rings. The first-order chi connectivity index (χ1) is 7.68. The Bertz CT molecular complexity index is 357. The summed E-state index contributed by atoms with van der Waals surface area (Å²) in [6, 6.07) is 5.08. The van der Waals surface area contributed by atoms with Gasteiger partial charge >= 0.3 is 57.6 Å². The number of benzene rings is 1. The molecule has 0 aliphatic carbocycles. The summed E-state index contributed by atoms with van der Waals surface area (Å²) in [6.07, 6.45) is -4.80. The molecule has 0 saturated carbocycles. The first-order valence-electron chi connectivity index (χ1n) is 5.71. The van der Waals surface area contributed by atoms with Crippen molar-refractivity contribution in [1.82, 2.24) is 0 Å². The Morgan fingerprint density at radius 2 is 1.56 bits per heavy atom. The maximum Gasteiger partial charge on any atom is 1.00 e. The van der Waals surface area contributed by atoms with E-state index in [1.807, 2.05) is 0 Å². The molecule has 0 N–H and O–H groups in total. The van der Waals surface area contributed by atoms with Crippen LogP contribution in [0.5, 0.6) is 0 Å². The molecule has 0 spiro atoms. The van der Waals surface area contributed by atoms with Crippen molar-refractivity contribution in [2.75, 3.05) is 6.51 Å². The van der Waals surface area contributed by atoms with Crippen LogP contribution in [0, 0.1) is 0 Å². The van der Waals surface area contributed by atoms with Gasteiger partial charge in [-0.05, 0) is 17.7 Å². The molecule has 0 radical (unpaired) electrons. The summed E-state index contributed by atoms with van der Waals surface area (Å²) in [5, 5.41) is 0. The van der Waals surface area contributed by atoms with Crippen LogP contribution < -0.4 is 51.4 Å². The van der Waals surface area contributed by atoms with Crippen LogP contribution in [0.2, 0.25) is 20.5 Å². The van der Waals surface area contributed by atoms with Crippen LogP contribution in [-0.4, -0.2) is 12.7 Å². The van der Waals surface area contributed by atoms with E-state index in [1.54, 1.807) is 0 Å². The minimum Gasteiger partial charge on any atom is -0.414 e. The normalized spacial score (nSPS) is 12.1. The second-order valence-corrected chi connectivity index (χ2v) is 5.67. The molecular formula is C12H17BF3KO. The number of alkyl halides is 3. The fraction of sp³-hybridized carbons (Fsp3) is 0.500. The summed E-state index contributed by atoms with van der Waals surface area (Å²) in [6.45, 7) is 7.31. The predicted molar refractivity (Wildman–Crippen MR) is 64.4 cm³/mol. The van der Waals surface area contributed by atoms with E-state index >= 15 is 0 Å². The van der Waals surface area contributed by atoms with Gasteiger partial charge in [0.25, 0.3) is 0 Å². The Morgan fingerprint density at radius 3 is 1.94 bits per heavy atom. The molecule has 1 aromatic rings. The minimum absolute atomic E-state index is 0. The van der Waals surface area contributed by atoms with Crippen LogP contribution in [0.15, 0.2) is 24.3 Å². The summed E-state index contributed by atoms with van der Waals surface area (Å²) in [7, 11) is 0. The third kappa shape index (κ3) is 7.31. The molecule has 18 heavy (non-hydrogen) atoms. The molecular weight excluding hydrogens is 267 g/mol. The number of hydrogen-bond donors (Lipinski definition) is 0. The zero-order valence-electron chi connectivity index (χ0n) is 11.3. The van der Waals surface area contributed by atoms with Crippen LogP contribution in [-0.2, 0) is 17.5 Å². The molecule has 6 heteroatoms. The van der Waals surface area contributed by atoms with Crippen LogP contribution in [0.1, 0.15) is 11.1 Å². The Hall–Kier alpha value is 0.671. The van der Waals surface area contributed by atoms with E-state index < -0.39 is 17.9 Å². The first kappa shape index (κ1) is 18.7. The molecule has 1 aromatic carbocycles. The number of ether oxygens (including phenoxy) is 1. The number of hydrogen-bond acceptors (Lipinski definition) is 1. The summed E-state index contributed by atoms with van der Waals surface area (Å²) in [5.74, 6) is 0. The van der Waals surface area contributed by atoms with Crippen molar-refractivity contribution in [1.29, 1.82) is 0 Å². The van der Waals surface area contributed by atoms with Crippen molar-refractivity contribution in [3.63, 3.8) is 0 Å². The van der Waals surface area contributed by atoms with Gasteiger partial charge in [-0.2, -0.15) is 33.6 Å². The standard InChI is InChI=1S/C12H17BF3O.K/c1-13(2,3)9-17-8-10-4-6-11(7-5-10)12(14,15)16;/h4-7H,8-9H2,1-3H3;/q-1;+1. The predicted octanol–water partition coefficient (Wildman–Crippen LogP) is 1.10. The Morgan fingerprint density at radius 1 is 1.06 bits per heavy atom. The van der Waals surface area contributed by atoms with Crippen molar-refractivity contribution < 1.29 is 69.3 Å². The van der Waals surface area contributed by atoms with Crippen molar-refractivity contribution in [3.05, 3.63) is 35.4 Å². The van der Waals surface area contributed by atoms with Gasteiger partial charge in [0.05, 0.1) is 12.2 Å². The van der Waals surface area contributed by atoms with Crippen LogP contribution in [0.25, 0.3) is 0 Å². The fourth-order valence-electron chi connectivity index (χ4n) is 1.32. The maximum atomic E-state index is 12.3. The maximum absolute atomic E-state index is 12.3. The zero-order valence-corrected chi connectivity index (χ0v) is 14.5. The molecule has 0 bridgehead atoms.